The van der Waals surface area contributed by atoms with Gasteiger partial charge >= 0.3 is 0 Å². The van der Waals surface area contributed by atoms with E-state index in [4.69, 9.17) is 0 Å². The second kappa shape index (κ2) is 6.04. The Kier molecular flexibility index (Phi) is 4.39. The lowest BCUT2D eigenvalue weighted by atomic mass is 10.1. The number of nitro groups is 1. The van der Waals surface area contributed by atoms with Gasteiger partial charge in [0.15, 0.2) is 0 Å². The number of thioether (sulfide) groups is 1. The van der Waals surface area contributed by atoms with Gasteiger partial charge in [-0.1, -0.05) is 37.7 Å². The molecule has 0 saturated heterocycles. The summed E-state index contributed by atoms with van der Waals surface area (Å²) in [6.07, 6.45) is 0. The van der Waals surface area contributed by atoms with Gasteiger partial charge in [0.25, 0.3) is 5.69 Å². The number of aromatic amines is 1. The quantitative estimate of drug-likeness (QED) is 0.516. The molecule has 0 saturated carbocycles. The maximum Gasteiger partial charge on any atom is 0.269 e. The number of nitro benzene ring substituents is 1. The number of nitrogens with one attached hydrogen (secondary N) is 1. The summed E-state index contributed by atoms with van der Waals surface area (Å²) in [5.41, 5.74) is 0.993. The SMILES string of the molecule is CC(C)c1nc(S[C@@H](C)c2cccc([N+](=O)[O-])c2)n[nH]1. The molecule has 0 spiro atoms. The van der Waals surface area contributed by atoms with Crippen molar-refractivity contribution in [3.63, 3.8) is 0 Å². The first-order valence-electron chi connectivity index (χ1n) is 6.30. The minimum absolute atomic E-state index is 0.0470. The van der Waals surface area contributed by atoms with Crippen LogP contribution >= 0.6 is 11.8 Å². The van der Waals surface area contributed by atoms with E-state index in [-0.39, 0.29) is 15.9 Å². The zero-order chi connectivity index (χ0) is 14.7. The van der Waals surface area contributed by atoms with Crippen molar-refractivity contribution in [2.24, 2.45) is 0 Å². The van der Waals surface area contributed by atoms with Crippen molar-refractivity contribution >= 4 is 17.4 Å². The molecule has 0 aliphatic rings. The second-order valence-corrected chi connectivity index (χ2v) is 6.08. The lowest BCUT2D eigenvalue weighted by molar-refractivity contribution is -0.384. The highest BCUT2D eigenvalue weighted by atomic mass is 32.2. The van der Waals surface area contributed by atoms with E-state index in [1.807, 2.05) is 26.8 Å². The summed E-state index contributed by atoms with van der Waals surface area (Å²) in [7, 11) is 0. The molecule has 0 aliphatic carbocycles. The normalized spacial score (nSPS) is 12.6. The number of H-pyrrole nitrogens is 1. The molecule has 1 aromatic heterocycles. The molecule has 1 aromatic carbocycles. The van der Waals surface area contributed by atoms with Gasteiger partial charge in [0.2, 0.25) is 5.16 Å². The van der Waals surface area contributed by atoms with Crippen molar-refractivity contribution in [3.8, 4) is 0 Å². The number of hydrogen-bond acceptors (Lipinski definition) is 5. The van der Waals surface area contributed by atoms with Crippen LogP contribution in [0.25, 0.3) is 0 Å². The van der Waals surface area contributed by atoms with Crippen LogP contribution in [0, 0.1) is 10.1 Å². The van der Waals surface area contributed by atoms with Crippen molar-refractivity contribution in [2.75, 3.05) is 0 Å². The molecule has 2 rings (SSSR count). The van der Waals surface area contributed by atoms with Gasteiger partial charge in [0.1, 0.15) is 5.82 Å². The van der Waals surface area contributed by atoms with Gasteiger partial charge in [0, 0.05) is 23.3 Å². The van der Waals surface area contributed by atoms with Crippen molar-refractivity contribution in [2.45, 2.75) is 37.1 Å². The summed E-state index contributed by atoms with van der Waals surface area (Å²) in [4.78, 5) is 14.8. The molecular weight excluding hydrogens is 276 g/mol. The molecule has 1 atom stereocenters. The van der Waals surface area contributed by atoms with Crippen LogP contribution in [0.1, 0.15) is 43.3 Å². The van der Waals surface area contributed by atoms with Crippen LogP contribution in [0.3, 0.4) is 0 Å². The van der Waals surface area contributed by atoms with E-state index in [9.17, 15) is 10.1 Å². The smallest absolute Gasteiger partial charge is 0.262 e. The van der Waals surface area contributed by atoms with Crippen LogP contribution < -0.4 is 0 Å². The third-order valence-electron chi connectivity index (χ3n) is 2.86. The molecule has 106 valence electrons. The van der Waals surface area contributed by atoms with Crippen molar-refractivity contribution in [1.82, 2.24) is 15.2 Å². The summed E-state index contributed by atoms with van der Waals surface area (Å²) < 4.78 is 0. The Morgan fingerprint density at radius 1 is 1.35 bits per heavy atom. The average molecular weight is 292 g/mol. The number of nitrogens with zero attached hydrogens (tertiary/aromatic N) is 3. The zero-order valence-corrected chi connectivity index (χ0v) is 12.3. The van der Waals surface area contributed by atoms with E-state index in [0.717, 1.165) is 11.4 Å². The molecule has 0 bridgehead atoms. The molecule has 0 aliphatic heterocycles. The molecule has 1 N–H and O–H groups in total. The summed E-state index contributed by atoms with van der Waals surface area (Å²) >= 11 is 1.48. The fourth-order valence-corrected chi connectivity index (χ4v) is 2.53. The second-order valence-electron chi connectivity index (χ2n) is 4.77. The minimum atomic E-state index is -0.384. The summed E-state index contributed by atoms with van der Waals surface area (Å²) in [5.74, 6) is 1.14. The monoisotopic (exact) mass is 292 g/mol. The molecule has 2 aromatic rings. The first-order chi connectivity index (χ1) is 9.47. The molecule has 7 heteroatoms. The van der Waals surface area contributed by atoms with Gasteiger partial charge in [0.05, 0.1) is 4.92 Å². The predicted molar refractivity (Wildman–Crippen MR) is 77.8 cm³/mol. The van der Waals surface area contributed by atoms with Crippen LogP contribution in [-0.2, 0) is 0 Å². The summed E-state index contributed by atoms with van der Waals surface area (Å²) in [6.45, 7) is 6.06. The summed E-state index contributed by atoms with van der Waals surface area (Å²) in [5, 5.41) is 18.5. The first-order valence-corrected chi connectivity index (χ1v) is 7.18. The molecule has 1 heterocycles. The van der Waals surface area contributed by atoms with Crippen molar-refractivity contribution < 1.29 is 4.92 Å². The van der Waals surface area contributed by atoms with Gasteiger partial charge in [-0.2, -0.15) is 0 Å². The van der Waals surface area contributed by atoms with Crippen LogP contribution in [0.2, 0.25) is 0 Å². The van der Waals surface area contributed by atoms with Gasteiger partial charge in [-0.3, -0.25) is 15.2 Å². The topological polar surface area (TPSA) is 84.7 Å². The van der Waals surface area contributed by atoms with Gasteiger partial charge in [-0.15, -0.1) is 5.10 Å². The highest BCUT2D eigenvalue weighted by Crippen LogP contribution is 2.34. The van der Waals surface area contributed by atoms with Gasteiger partial charge in [-0.05, 0) is 12.5 Å². The van der Waals surface area contributed by atoms with E-state index < -0.39 is 0 Å². The van der Waals surface area contributed by atoms with E-state index in [0.29, 0.717) is 11.1 Å². The Morgan fingerprint density at radius 2 is 2.10 bits per heavy atom. The lowest BCUT2D eigenvalue weighted by Gasteiger charge is -2.08. The number of rotatable bonds is 5. The Hall–Kier alpha value is -1.89. The van der Waals surface area contributed by atoms with Crippen molar-refractivity contribution in [3.05, 3.63) is 45.8 Å². The maximum absolute atomic E-state index is 10.8. The molecule has 0 radical (unpaired) electrons. The number of aromatic nitrogens is 3. The highest BCUT2D eigenvalue weighted by molar-refractivity contribution is 7.99. The van der Waals surface area contributed by atoms with E-state index in [1.165, 1.54) is 17.8 Å². The fraction of sp³-hybridized carbons (Fsp3) is 0.385. The molecule has 0 fully saturated rings. The van der Waals surface area contributed by atoms with Crippen LogP contribution in [-0.4, -0.2) is 20.1 Å². The largest absolute Gasteiger partial charge is 0.269 e. The van der Waals surface area contributed by atoms with Crippen LogP contribution in [0.5, 0.6) is 0 Å². The fourth-order valence-electron chi connectivity index (χ4n) is 1.69. The maximum atomic E-state index is 10.8. The van der Waals surface area contributed by atoms with Crippen molar-refractivity contribution in [1.29, 1.82) is 0 Å². The van der Waals surface area contributed by atoms with Crippen LogP contribution in [0.15, 0.2) is 29.4 Å². The van der Waals surface area contributed by atoms with Crippen LogP contribution in [0.4, 0.5) is 5.69 Å². The number of benzene rings is 1. The Bertz CT molecular complexity index is 612. The Labute approximate surface area is 121 Å². The zero-order valence-electron chi connectivity index (χ0n) is 11.5. The van der Waals surface area contributed by atoms with E-state index >= 15 is 0 Å². The Morgan fingerprint density at radius 3 is 2.70 bits per heavy atom. The number of hydrogen-bond donors (Lipinski definition) is 1. The molecule has 0 amide bonds. The van der Waals surface area contributed by atoms with E-state index in [2.05, 4.69) is 15.2 Å². The summed E-state index contributed by atoms with van der Waals surface area (Å²) in [6, 6.07) is 6.65. The standard InChI is InChI=1S/C13H16N4O2S/c1-8(2)12-14-13(16-15-12)20-9(3)10-5-4-6-11(7-10)17(18)19/h4-9H,1-3H3,(H,14,15,16)/t9-/m0/s1. The first kappa shape index (κ1) is 14.5. The average Bonchev–Trinajstić information content (AvgIpc) is 2.87. The predicted octanol–water partition coefficient (Wildman–Crippen LogP) is 3.69. The highest BCUT2D eigenvalue weighted by Gasteiger charge is 2.15. The molecule has 20 heavy (non-hydrogen) atoms. The van der Waals surface area contributed by atoms with E-state index in [1.54, 1.807) is 12.1 Å². The number of non-ortho nitro benzene ring substituents is 1. The van der Waals surface area contributed by atoms with Gasteiger partial charge < -0.3 is 0 Å². The lowest BCUT2D eigenvalue weighted by Crippen LogP contribution is -1.93. The molecular formula is C13H16N4O2S. The van der Waals surface area contributed by atoms with Gasteiger partial charge in [-0.25, -0.2) is 4.98 Å². The Balaban J connectivity index is 2.12. The minimum Gasteiger partial charge on any atom is -0.262 e. The molecule has 6 nitrogen and oxygen atoms in total. The molecule has 0 unspecified atom stereocenters. The third-order valence-corrected chi connectivity index (χ3v) is 3.88. The third kappa shape index (κ3) is 3.36.